The van der Waals surface area contributed by atoms with Crippen LogP contribution in [0.5, 0.6) is 5.75 Å². The zero-order chi connectivity index (χ0) is 28.1. The van der Waals surface area contributed by atoms with Crippen LogP contribution in [0.1, 0.15) is 56.7 Å². The minimum absolute atomic E-state index is 0.0539. The number of fused-ring (bicyclic) bond motifs is 3. The first kappa shape index (κ1) is 27.9. The number of rotatable bonds is 10. The summed E-state index contributed by atoms with van der Waals surface area (Å²) in [5, 5.41) is -0.0923. The summed E-state index contributed by atoms with van der Waals surface area (Å²) in [6.45, 7) is 10.2. The molecule has 6 nitrogen and oxygen atoms in total. The van der Waals surface area contributed by atoms with E-state index in [0.29, 0.717) is 16.9 Å². The Bertz CT molecular complexity index is 1480. The molecule has 1 aliphatic rings. The van der Waals surface area contributed by atoms with Crippen LogP contribution >= 0.6 is 11.8 Å². The molecule has 39 heavy (non-hydrogen) atoms. The van der Waals surface area contributed by atoms with Gasteiger partial charge in [0.2, 0.25) is 10.9 Å². The third-order valence-corrected chi connectivity index (χ3v) is 7.28. The van der Waals surface area contributed by atoms with E-state index in [-0.39, 0.29) is 24.2 Å². The van der Waals surface area contributed by atoms with E-state index in [4.69, 9.17) is 9.47 Å². The number of halogens is 1. The van der Waals surface area contributed by atoms with E-state index in [1.165, 1.54) is 0 Å². The van der Waals surface area contributed by atoms with Crippen molar-refractivity contribution in [2.24, 2.45) is 0 Å². The highest BCUT2D eigenvalue weighted by Crippen LogP contribution is 2.47. The van der Waals surface area contributed by atoms with Crippen molar-refractivity contribution in [3.63, 3.8) is 0 Å². The number of carbonyl (C=O) groups excluding carboxylic acids is 3. The van der Waals surface area contributed by atoms with Crippen molar-refractivity contribution in [1.29, 1.82) is 0 Å². The number of thioether (sulfide) groups is 1. The lowest BCUT2D eigenvalue weighted by Crippen LogP contribution is -2.12. The van der Waals surface area contributed by atoms with Gasteiger partial charge in [-0.15, -0.1) is 0 Å². The number of carbonyl (C=O) groups is 3. The summed E-state index contributed by atoms with van der Waals surface area (Å²) in [6.07, 6.45) is 1.93. The van der Waals surface area contributed by atoms with Crippen LogP contribution in [-0.4, -0.2) is 30.3 Å². The average molecular weight is 547 g/mol. The Morgan fingerprint density at radius 2 is 1.64 bits per heavy atom. The molecule has 1 atom stereocenters. The van der Waals surface area contributed by atoms with E-state index in [9.17, 15) is 18.8 Å². The molecule has 1 unspecified atom stereocenters. The van der Waals surface area contributed by atoms with Gasteiger partial charge >= 0.3 is 11.9 Å². The number of hydrogen-bond acceptors (Lipinski definition) is 7. The molecule has 3 aromatic rings. The van der Waals surface area contributed by atoms with E-state index < -0.39 is 17.8 Å². The van der Waals surface area contributed by atoms with Crippen LogP contribution in [0.2, 0.25) is 0 Å². The topological polar surface area (TPSA) is 78.9 Å². The molecule has 0 spiro atoms. The van der Waals surface area contributed by atoms with Gasteiger partial charge in [0, 0.05) is 16.4 Å². The average Bonchev–Trinajstić information content (AvgIpc) is 3.24. The van der Waals surface area contributed by atoms with Gasteiger partial charge < -0.3 is 14.2 Å². The second kappa shape index (κ2) is 12.1. The second-order valence-corrected chi connectivity index (χ2v) is 9.89. The fourth-order valence-corrected chi connectivity index (χ4v) is 5.41. The molecule has 0 fully saturated rings. The molecule has 0 bridgehead atoms. The molecule has 3 aromatic carbocycles. The molecule has 0 heterocycles. The predicted octanol–water partition coefficient (Wildman–Crippen LogP) is 7.16. The maximum Gasteiger partial charge on any atom is 0.366 e. The molecule has 200 valence electrons. The van der Waals surface area contributed by atoms with Gasteiger partial charge in [0.05, 0.1) is 11.8 Å². The van der Waals surface area contributed by atoms with Crippen molar-refractivity contribution in [3.05, 3.63) is 108 Å². The van der Waals surface area contributed by atoms with Gasteiger partial charge in [0.1, 0.15) is 19.0 Å². The number of ether oxygens (including phenoxy) is 3. The highest BCUT2D eigenvalue weighted by atomic mass is 32.2. The molecule has 0 radical (unpaired) electrons. The van der Waals surface area contributed by atoms with Gasteiger partial charge in [0.15, 0.2) is 0 Å². The molecular formula is C31H27FO6S. The SMILES string of the molecule is C=COC(=O)c1ccc2c(c1)C(CC)c1cc(C(=O)Sc3ccc(OCCOC(=O)C(=C)F)c(C)c3)ccc1-2. The molecule has 0 aromatic heterocycles. The zero-order valence-corrected chi connectivity index (χ0v) is 22.4. The van der Waals surface area contributed by atoms with Gasteiger partial charge in [-0.2, -0.15) is 4.39 Å². The number of benzene rings is 3. The molecule has 1 aliphatic carbocycles. The lowest BCUT2D eigenvalue weighted by Gasteiger charge is -2.13. The van der Waals surface area contributed by atoms with Gasteiger partial charge in [-0.05, 0) is 95.4 Å². The van der Waals surface area contributed by atoms with Crippen molar-refractivity contribution < 1.29 is 33.0 Å². The molecule has 8 heteroatoms. The van der Waals surface area contributed by atoms with E-state index in [1.54, 1.807) is 18.2 Å². The van der Waals surface area contributed by atoms with Crippen LogP contribution in [-0.2, 0) is 14.3 Å². The Hall–Kier alpha value is -4.17. The Balaban J connectivity index is 1.45. The minimum Gasteiger partial charge on any atom is -0.490 e. The quantitative estimate of drug-likeness (QED) is 0.0878. The number of esters is 2. The lowest BCUT2D eigenvalue weighted by atomic mass is 9.93. The van der Waals surface area contributed by atoms with Gasteiger partial charge in [-0.1, -0.05) is 32.2 Å². The molecule has 4 rings (SSSR count). The van der Waals surface area contributed by atoms with E-state index in [0.717, 1.165) is 57.2 Å². The highest BCUT2D eigenvalue weighted by molar-refractivity contribution is 8.14. The van der Waals surface area contributed by atoms with Gasteiger partial charge in [-0.25, -0.2) is 9.59 Å². The first-order valence-corrected chi connectivity index (χ1v) is 13.1. The second-order valence-electron chi connectivity index (χ2n) is 8.84. The van der Waals surface area contributed by atoms with E-state index >= 15 is 0 Å². The van der Waals surface area contributed by atoms with Crippen LogP contribution < -0.4 is 4.74 Å². The summed E-state index contributed by atoms with van der Waals surface area (Å²) in [5.41, 5.74) is 6.06. The summed E-state index contributed by atoms with van der Waals surface area (Å²) in [5.74, 6) is -2.09. The summed E-state index contributed by atoms with van der Waals surface area (Å²) < 4.78 is 27.9. The van der Waals surface area contributed by atoms with Crippen LogP contribution in [0.3, 0.4) is 0 Å². The third-order valence-electron chi connectivity index (χ3n) is 6.37. The standard InChI is InChI=1S/C31H27FO6S/c1-5-23-26-16-20(30(34)36-6-2)7-10-24(26)25-11-8-21(17-27(23)25)31(35)39-22-9-12-28(18(3)15-22)37-13-14-38-29(33)19(4)32/h6-12,15-17,23H,2,4-5,13-14H2,1,3H3. The van der Waals surface area contributed by atoms with Crippen molar-refractivity contribution in [1.82, 2.24) is 0 Å². The Morgan fingerprint density at radius 1 is 0.974 bits per heavy atom. The maximum absolute atomic E-state index is 13.2. The molecule has 0 saturated carbocycles. The molecule has 0 aliphatic heterocycles. The minimum atomic E-state index is -1.16. The van der Waals surface area contributed by atoms with Crippen LogP contribution in [0.4, 0.5) is 4.39 Å². The van der Waals surface area contributed by atoms with Crippen molar-refractivity contribution in [3.8, 4) is 16.9 Å². The van der Waals surface area contributed by atoms with Crippen molar-refractivity contribution >= 4 is 28.8 Å². The van der Waals surface area contributed by atoms with E-state index in [2.05, 4.69) is 24.8 Å². The van der Waals surface area contributed by atoms with Gasteiger partial charge in [-0.3, -0.25) is 4.79 Å². The fourth-order valence-electron chi connectivity index (χ4n) is 4.58. The van der Waals surface area contributed by atoms with Crippen LogP contribution in [0.25, 0.3) is 11.1 Å². The van der Waals surface area contributed by atoms with Crippen molar-refractivity contribution in [2.75, 3.05) is 13.2 Å². The Kier molecular flexibility index (Phi) is 8.66. The smallest absolute Gasteiger partial charge is 0.366 e. The van der Waals surface area contributed by atoms with Crippen LogP contribution in [0.15, 0.2) is 84.7 Å². The third kappa shape index (κ3) is 6.12. The van der Waals surface area contributed by atoms with Gasteiger partial charge in [0.25, 0.3) is 0 Å². The summed E-state index contributed by atoms with van der Waals surface area (Å²) >= 11 is 1.12. The monoisotopic (exact) mass is 546 g/mol. The summed E-state index contributed by atoms with van der Waals surface area (Å²) in [7, 11) is 0. The Morgan fingerprint density at radius 3 is 2.26 bits per heavy atom. The Labute approximate surface area is 230 Å². The molecule has 0 amide bonds. The van der Waals surface area contributed by atoms with Crippen molar-refractivity contribution in [2.45, 2.75) is 31.1 Å². The molecule has 0 N–H and O–H groups in total. The predicted molar refractivity (Wildman–Crippen MR) is 148 cm³/mol. The first-order valence-electron chi connectivity index (χ1n) is 12.3. The summed E-state index contributed by atoms with van der Waals surface area (Å²) in [6, 6.07) is 16.6. The highest BCUT2D eigenvalue weighted by Gasteiger charge is 2.29. The summed E-state index contributed by atoms with van der Waals surface area (Å²) in [4.78, 5) is 37.3. The van der Waals surface area contributed by atoms with E-state index in [1.807, 2.05) is 43.3 Å². The number of aryl methyl sites for hydroxylation is 1. The molecule has 0 saturated heterocycles. The first-order chi connectivity index (χ1) is 18.7. The molecular weight excluding hydrogens is 519 g/mol. The largest absolute Gasteiger partial charge is 0.490 e. The van der Waals surface area contributed by atoms with Crippen LogP contribution in [0, 0.1) is 6.92 Å². The number of hydrogen-bond donors (Lipinski definition) is 0. The lowest BCUT2D eigenvalue weighted by molar-refractivity contribution is -0.141. The zero-order valence-electron chi connectivity index (χ0n) is 21.6. The fraction of sp³-hybridized carbons (Fsp3) is 0.194. The normalized spacial score (nSPS) is 13.2. The maximum atomic E-state index is 13.2.